The monoisotopic (exact) mass is 138 g/mol. The van der Waals surface area contributed by atoms with E-state index in [0.717, 1.165) is 6.08 Å². The van der Waals surface area contributed by atoms with Crippen molar-refractivity contribution < 1.29 is 38.2 Å². The van der Waals surface area contributed by atoms with Crippen LogP contribution in [0.1, 0.15) is 0 Å². The molecule has 0 fully saturated rings. The van der Waals surface area contributed by atoms with Gasteiger partial charge in [0, 0.05) is 6.08 Å². The zero-order valence-corrected chi connectivity index (χ0v) is 6.21. The predicted octanol–water partition coefficient (Wildman–Crippen LogP) is -3.99. The van der Waals surface area contributed by atoms with Crippen molar-refractivity contribution in [2.24, 2.45) is 0 Å². The Kier molecular flexibility index (Phi) is 7.91. The molecule has 0 aliphatic heterocycles. The van der Waals surface area contributed by atoms with Gasteiger partial charge in [0.25, 0.3) is 0 Å². The van der Waals surface area contributed by atoms with Crippen LogP contribution in [0, 0.1) is 0 Å². The van der Waals surface area contributed by atoms with Gasteiger partial charge in [-0.25, -0.2) is 4.79 Å². The Labute approximate surface area is 71.0 Å². The summed E-state index contributed by atoms with van der Waals surface area (Å²) in [4.78, 5) is 10.2. The summed E-state index contributed by atoms with van der Waals surface area (Å²) in [6.45, 7) is 0. The number of esters is 1. The molecule has 0 aromatic rings. The molecule has 0 aliphatic carbocycles. The van der Waals surface area contributed by atoms with Crippen molar-refractivity contribution in [3.05, 3.63) is 12.0 Å². The van der Waals surface area contributed by atoms with Gasteiger partial charge in [-0.15, -0.1) is 0 Å². The molecule has 5 heteroatoms. The minimum atomic E-state index is -0.707. The summed E-state index contributed by atoms with van der Waals surface area (Å²) >= 11 is 0. The van der Waals surface area contributed by atoms with E-state index in [9.17, 15) is 9.90 Å². The molecule has 0 heterocycles. The summed E-state index contributed by atoms with van der Waals surface area (Å²) in [5, 5.41) is 10.2. The summed E-state index contributed by atoms with van der Waals surface area (Å²) in [6.07, 6.45) is 0.722. The maximum atomic E-state index is 10.2. The molecule has 0 bridgehead atoms. The van der Waals surface area contributed by atoms with E-state index in [0.29, 0.717) is 0 Å². The maximum absolute atomic E-state index is 10.2. The van der Waals surface area contributed by atoms with E-state index in [1.807, 2.05) is 0 Å². The fraction of sp³-hybridized carbons (Fsp3) is 0.400. The Bertz CT molecular complexity index is 132. The molecule has 0 radical (unpaired) electrons. The second-order valence-electron chi connectivity index (χ2n) is 1.19. The molecule has 0 saturated carbocycles. The van der Waals surface area contributed by atoms with Gasteiger partial charge in [-0.05, 0) is 7.11 Å². The van der Waals surface area contributed by atoms with Crippen LogP contribution < -0.4 is 24.0 Å². The van der Waals surface area contributed by atoms with Crippen LogP contribution in [0.3, 0.4) is 0 Å². The van der Waals surface area contributed by atoms with Crippen LogP contribution in [-0.4, -0.2) is 20.2 Å². The fourth-order valence-electron chi connectivity index (χ4n) is 0.214. The van der Waals surface area contributed by atoms with Gasteiger partial charge in [-0.3, -0.25) is 0 Å². The molecular formula is C5H7LiO4. The molecular weight excluding hydrogens is 131 g/mol. The Hall–Kier alpha value is -0.593. The summed E-state index contributed by atoms with van der Waals surface area (Å²) in [5.41, 5.74) is 0. The number of carbonyl (C=O) groups excluding carboxylic acids is 1. The summed E-state index contributed by atoms with van der Waals surface area (Å²) in [7, 11) is 2.36. The first-order chi connectivity index (χ1) is 4.20. The number of carbonyl (C=O) groups is 1. The van der Waals surface area contributed by atoms with Crippen LogP contribution in [0.15, 0.2) is 12.0 Å². The van der Waals surface area contributed by atoms with Gasteiger partial charge in [0.15, 0.2) is 0 Å². The fourth-order valence-corrected chi connectivity index (χ4v) is 0.214. The molecule has 0 unspecified atom stereocenters. The molecule has 4 nitrogen and oxygen atoms in total. The molecule has 0 spiro atoms. The molecule has 52 valence electrons. The number of hydrogen-bond donors (Lipinski definition) is 0. The third-order valence-corrected chi connectivity index (χ3v) is 0.638. The Morgan fingerprint density at radius 3 is 2.20 bits per heavy atom. The number of hydrogen-bond acceptors (Lipinski definition) is 4. The largest absolute Gasteiger partial charge is 1.00 e. The zero-order valence-electron chi connectivity index (χ0n) is 6.21. The zero-order chi connectivity index (χ0) is 7.28. The van der Waals surface area contributed by atoms with E-state index in [4.69, 9.17) is 0 Å². The van der Waals surface area contributed by atoms with Crippen molar-refractivity contribution in [1.82, 2.24) is 0 Å². The van der Waals surface area contributed by atoms with Gasteiger partial charge in [-0.1, -0.05) is 0 Å². The third-order valence-electron chi connectivity index (χ3n) is 0.638. The van der Waals surface area contributed by atoms with Gasteiger partial charge < -0.3 is 14.6 Å². The van der Waals surface area contributed by atoms with Crippen molar-refractivity contribution in [3.63, 3.8) is 0 Å². The Morgan fingerprint density at radius 1 is 1.40 bits per heavy atom. The average Bonchev–Trinajstić information content (AvgIpc) is 1.87. The van der Waals surface area contributed by atoms with Crippen LogP contribution in [0.25, 0.3) is 0 Å². The van der Waals surface area contributed by atoms with Gasteiger partial charge in [0.05, 0.1) is 13.1 Å². The first-order valence-electron chi connectivity index (χ1n) is 2.21. The molecule has 0 aliphatic rings. The van der Waals surface area contributed by atoms with Gasteiger partial charge in [-0.2, -0.15) is 0 Å². The smallest absolute Gasteiger partial charge is 0.616 e. The maximum Gasteiger partial charge on any atom is 1.00 e. The van der Waals surface area contributed by atoms with Crippen molar-refractivity contribution >= 4 is 5.97 Å². The van der Waals surface area contributed by atoms with Gasteiger partial charge in [0.2, 0.25) is 0 Å². The van der Waals surface area contributed by atoms with Crippen LogP contribution in [-0.2, 0) is 14.3 Å². The Balaban J connectivity index is 0. The number of ether oxygens (including phenoxy) is 2. The number of rotatable bonds is 2. The molecule has 10 heavy (non-hydrogen) atoms. The van der Waals surface area contributed by atoms with Crippen molar-refractivity contribution in [2.75, 3.05) is 14.2 Å². The van der Waals surface area contributed by atoms with E-state index in [1.54, 1.807) is 0 Å². The van der Waals surface area contributed by atoms with E-state index in [-0.39, 0.29) is 18.9 Å². The summed E-state index contributed by atoms with van der Waals surface area (Å²) in [5.74, 6) is -1.41. The van der Waals surface area contributed by atoms with Crippen LogP contribution >= 0.6 is 0 Å². The average molecular weight is 138 g/mol. The third kappa shape index (κ3) is 5.54. The van der Waals surface area contributed by atoms with E-state index >= 15 is 0 Å². The molecule has 0 amide bonds. The van der Waals surface area contributed by atoms with E-state index < -0.39 is 11.9 Å². The first kappa shape index (κ1) is 12.1. The van der Waals surface area contributed by atoms with Crippen molar-refractivity contribution in [3.8, 4) is 0 Å². The standard InChI is InChI=1S/C5H8O4.Li/c1-8-4(6)3-5(7)9-2;/h3,6H,1-2H3;/q;+1/p-1/b4-3+;. The molecule has 0 saturated heterocycles. The summed E-state index contributed by atoms with van der Waals surface area (Å²) in [6, 6.07) is 0. The van der Waals surface area contributed by atoms with Gasteiger partial charge in [0.1, 0.15) is 0 Å². The normalized spacial score (nSPS) is 9.60. The predicted molar refractivity (Wildman–Crippen MR) is 27.1 cm³/mol. The van der Waals surface area contributed by atoms with Crippen LogP contribution in [0.2, 0.25) is 0 Å². The second kappa shape index (κ2) is 6.53. The van der Waals surface area contributed by atoms with E-state index in [1.165, 1.54) is 14.2 Å². The van der Waals surface area contributed by atoms with Gasteiger partial charge >= 0.3 is 24.8 Å². The quantitative estimate of drug-likeness (QED) is 0.169. The SMILES string of the molecule is COC(=O)/C=C(\[O-])OC.[Li+]. The molecule has 0 aromatic heterocycles. The number of methoxy groups -OCH3 is 2. The molecule has 0 aromatic carbocycles. The minimum Gasteiger partial charge on any atom is -0.616 e. The van der Waals surface area contributed by atoms with Crippen molar-refractivity contribution in [1.29, 1.82) is 0 Å². The van der Waals surface area contributed by atoms with Crippen LogP contribution in [0.5, 0.6) is 0 Å². The molecule has 0 atom stereocenters. The first-order valence-corrected chi connectivity index (χ1v) is 2.21. The van der Waals surface area contributed by atoms with Crippen LogP contribution in [0.4, 0.5) is 0 Å². The molecule has 0 rings (SSSR count). The molecule has 0 N–H and O–H groups in total. The topological polar surface area (TPSA) is 58.6 Å². The minimum absolute atomic E-state index is 0. The van der Waals surface area contributed by atoms with Crippen molar-refractivity contribution in [2.45, 2.75) is 0 Å². The van der Waals surface area contributed by atoms with E-state index in [2.05, 4.69) is 9.47 Å². The summed E-state index contributed by atoms with van der Waals surface area (Å²) < 4.78 is 8.25. The Morgan fingerprint density at radius 2 is 1.90 bits per heavy atom. The second-order valence-corrected chi connectivity index (χ2v) is 1.19.